The van der Waals surface area contributed by atoms with Crippen molar-refractivity contribution in [1.29, 1.82) is 0 Å². The molecular formula is C38H29BIrN2O2-2. The summed E-state index contributed by atoms with van der Waals surface area (Å²) in [6.07, 6.45) is 3.74. The van der Waals surface area contributed by atoms with Crippen molar-refractivity contribution in [3.63, 3.8) is 0 Å². The van der Waals surface area contributed by atoms with Crippen LogP contribution in [0.4, 0.5) is 0 Å². The number of fused-ring (bicyclic) bond motifs is 4. The monoisotopic (exact) mass is 749 g/mol. The average Bonchev–Trinajstić information content (AvgIpc) is 3.03. The summed E-state index contributed by atoms with van der Waals surface area (Å²) in [4.78, 5) is 8.97. The van der Waals surface area contributed by atoms with Crippen LogP contribution in [0.25, 0.3) is 22.5 Å². The molecule has 217 valence electrons. The molecule has 0 unspecified atom stereocenters. The van der Waals surface area contributed by atoms with Crippen molar-refractivity contribution in [2.45, 2.75) is 27.7 Å². The van der Waals surface area contributed by atoms with Gasteiger partial charge in [-0.2, -0.15) is 0 Å². The van der Waals surface area contributed by atoms with Gasteiger partial charge in [0, 0.05) is 44.0 Å². The number of aryl methyl sites for hydroxylation is 4. The van der Waals surface area contributed by atoms with E-state index < -0.39 is 0 Å². The quantitative estimate of drug-likeness (QED) is 0.141. The van der Waals surface area contributed by atoms with Gasteiger partial charge in [-0.25, -0.2) is 0 Å². The Bertz CT molecular complexity index is 1980. The largest absolute Gasteiger partial charge is 0.503 e. The van der Waals surface area contributed by atoms with Crippen LogP contribution in [0.1, 0.15) is 22.3 Å². The maximum Gasteiger partial charge on any atom is 0.239 e. The Labute approximate surface area is 272 Å². The van der Waals surface area contributed by atoms with Gasteiger partial charge in [0.1, 0.15) is 11.5 Å². The van der Waals surface area contributed by atoms with Crippen LogP contribution < -0.4 is 25.9 Å². The van der Waals surface area contributed by atoms with E-state index in [-0.39, 0.29) is 26.8 Å². The van der Waals surface area contributed by atoms with Crippen LogP contribution in [0.2, 0.25) is 0 Å². The summed E-state index contributed by atoms with van der Waals surface area (Å²) in [5.74, 6) is 3.34. The maximum atomic E-state index is 6.41. The second kappa shape index (κ2) is 12.2. The number of ether oxygens (including phenoxy) is 2. The first-order valence-corrected chi connectivity index (χ1v) is 14.4. The van der Waals surface area contributed by atoms with Crippen molar-refractivity contribution >= 4 is 23.1 Å². The van der Waals surface area contributed by atoms with E-state index in [2.05, 4.69) is 98.3 Å². The first kappa shape index (κ1) is 29.6. The van der Waals surface area contributed by atoms with E-state index in [0.717, 1.165) is 67.5 Å². The number of nitrogens with zero attached hydrogens (tertiary/aromatic N) is 2. The summed E-state index contributed by atoms with van der Waals surface area (Å²) in [5, 5.41) is 0. The molecule has 2 aliphatic rings. The minimum Gasteiger partial charge on any atom is -0.503 e. The zero-order valence-electron chi connectivity index (χ0n) is 24.9. The number of para-hydroxylation sites is 2. The van der Waals surface area contributed by atoms with Gasteiger partial charge in [-0.15, -0.1) is 47.5 Å². The molecule has 4 heterocycles. The molecule has 8 rings (SSSR count). The fourth-order valence-electron chi connectivity index (χ4n) is 5.62. The molecule has 6 aromatic rings. The predicted octanol–water partition coefficient (Wildman–Crippen LogP) is 7.06. The molecule has 0 N–H and O–H groups in total. The molecule has 44 heavy (non-hydrogen) atoms. The molecule has 2 aromatic heterocycles. The first-order valence-electron chi connectivity index (χ1n) is 14.4. The van der Waals surface area contributed by atoms with Crippen molar-refractivity contribution in [2.24, 2.45) is 0 Å². The van der Waals surface area contributed by atoms with E-state index in [0.29, 0.717) is 0 Å². The number of rotatable bonds is 2. The number of benzene rings is 4. The van der Waals surface area contributed by atoms with E-state index in [1.807, 2.05) is 54.9 Å². The van der Waals surface area contributed by atoms with Crippen LogP contribution in [0.3, 0.4) is 0 Å². The summed E-state index contributed by atoms with van der Waals surface area (Å²) >= 11 is 0. The average molecular weight is 749 g/mol. The van der Waals surface area contributed by atoms with Crippen molar-refractivity contribution in [3.05, 3.63) is 138 Å². The number of hydrogen-bond donors (Lipinski definition) is 0. The van der Waals surface area contributed by atoms with Gasteiger partial charge >= 0.3 is 0 Å². The third-order valence-corrected chi connectivity index (χ3v) is 8.05. The van der Waals surface area contributed by atoms with Crippen LogP contribution in [-0.4, -0.2) is 16.7 Å². The van der Waals surface area contributed by atoms with E-state index >= 15 is 0 Å². The van der Waals surface area contributed by atoms with Crippen molar-refractivity contribution in [3.8, 4) is 45.5 Å². The third kappa shape index (κ3) is 5.48. The Kier molecular flexibility index (Phi) is 8.22. The van der Waals surface area contributed by atoms with Gasteiger partial charge in [0.25, 0.3) is 0 Å². The Morgan fingerprint density at radius 3 is 2.05 bits per heavy atom. The van der Waals surface area contributed by atoms with E-state index in [1.165, 1.54) is 16.7 Å². The fraction of sp³-hybridized carbons (Fsp3) is 0.105. The number of pyridine rings is 2. The van der Waals surface area contributed by atoms with Crippen molar-refractivity contribution in [1.82, 2.24) is 9.97 Å². The van der Waals surface area contributed by atoms with E-state index in [1.54, 1.807) is 0 Å². The smallest absolute Gasteiger partial charge is 0.239 e. The Morgan fingerprint density at radius 2 is 1.36 bits per heavy atom. The zero-order chi connectivity index (χ0) is 29.5. The standard InChI is InChI=1S/C24H15BNO2.C14H14N.Ir/c1-15-12-13-26-19(14-15)16-10-11-22-23-24(16)28-21-9-5-3-7-18(21)25(23)17-6-2-4-8-20(17)27-22;1-10-4-6-13(7-5-10)14-8-11(2)12(3)9-15-14;/h2-9,11-14H,1H3;4-6,8-9H,1-3H3;/q2*-1;. The molecule has 0 bridgehead atoms. The fourth-order valence-corrected chi connectivity index (χ4v) is 5.62. The van der Waals surface area contributed by atoms with Gasteiger partial charge in [-0.3, -0.25) is 0 Å². The van der Waals surface area contributed by atoms with Gasteiger partial charge in [0.15, 0.2) is 0 Å². The molecule has 0 atom stereocenters. The Hall–Kier alpha value is -4.51. The first-order chi connectivity index (χ1) is 21.0. The molecule has 0 saturated carbocycles. The molecule has 1 radical (unpaired) electrons. The Morgan fingerprint density at radius 1 is 0.636 bits per heavy atom. The molecule has 0 saturated heterocycles. The van der Waals surface area contributed by atoms with Crippen LogP contribution >= 0.6 is 0 Å². The predicted molar refractivity (Wildman–Crippen MR) is 174 cm³/mol. The third-order valence-electron chi connectivity index (χ3n) is 8.05. The summed E-state index contributed by atoms with van der Waals surface area (Å²) in [7, 11) is 0. The molecule has 2 aliphatic heterocycles. The maximum absolute atomic E-state index is 6.41. The summed E-state index contributed by atoms with van der Waals surface area (Å²) in [6.45, 7) is 8.37. The number of aromatic nitrogens is 2. The molecule has 4 aromatic carbocycles. The summed E-state index contributed by atoms with van der Waals surface area (Å²) in [6, 6.07) is 37.3. The van der Waals surface area contributed by atoms with Gasteiger partial charge in [-0.1, -0.05) is 77.6 Å². The molecular weight excluding hydrogens is 719 g/mol. The minimum absolute atomic E-state index is 0. The van der Waals surface area contributed by atoms with Crippen LogP contribution in [-0.2, 0) is 20.1 Å². The second-order valence-corrected chi connectivity index (χ2v) is 11.1. The van der Waals surface area contributed by atoms with Gasteiger partial charge in [0.2, 0.25) is 6.71 Å². The SMILES string of the molecule is Cc1c[c-]c(-c2cc(C)c(C)cn2)cc1.Cc1ccnc(-c2[c-]cc3c4c2Oc2ccccc2B4c2ccccc2O3)c1.[Ir]. The van der Waals surface area contributed by atoms with Crippen LogP contribution in [0.15, 0.2) is 103 Å². The normalized spacial score (nSPS) is 11.8. The van der Waals surface area contributed by atoms with Gasteiger partial charge in [0.05, 0.1) is 0 Å². The van der Waals surface area contributed by atoms with Crippen molar-refractivity contribution < 1.29 is 29.6 Å². The second-order valence-electron chi connectivity index (χ2n) is 11.1. The van der Waals surface area contributed by atoms with Crippen molar-refractivity contribution in [2.75, 3.05) is 0 Å². The molecule has 0 amide bonds. The van der Waals surface area contributed by atoms with E-state index in [9.17, 15) is 0 Å². The van der Waals surface area contributed by atoms with Crippen LogP contribution in [0, 0.1) is 39.8 Å². The minimum atomic E-state index is 0. The van der Waals surface area contributed by atoms with Crippen LogP contribution in [0.5, 0.6) is 23.0 Å². The molecule has 0 fully saturated rings. The molecule has 6 heteroatoms. The van der Waals surface area contributed by atoms with E-state index in [4.69, 9.17) is 9.47 Å². The Balaban J connectivity index is 0.000000183. The van der Waals surface area contributed by atoms with Gasteiger partial charge in [-0.05, 0) is 66.8 Å². The topological polar surface area (TPSA) is 44.2 Å². The zero-order valence-corrected chi connectivity index (χ0v) is 27.3. The number of hydrogen-bond acceptors (Lipinski definition) is 4. The molecule has 0 spiro atoms. The van der Waals surface area contributed by atoms with Gasteiger partial charge < -0.3 is 19.4 Å². The summed E-state index contributed by atoms with van der Waals surface area (Å²) < 4.78 is 12.6. The summed E-state index contributed by atoms with van der Waals surface area (Å²) in [5.41, 5.74) is 12.0. The molecule has 0 aliphatic carbocycles. The molecule has 4 nitrogen and oxygen atoms in total.